The number of carbonyl (C=O) groups excluding carboxylic acids is 3. The summed E-state index contributed by atoms with van der Waals surface area (Å²) >= 11 is 12.0. The molecule has 1 heterocycles. The first-order valence-electron chi connectivity index (χ1n) is 9.81. The van der Waals surface area contributed by atoms with Gasteiger partial charge in [-0.2, -0.15) is 0 Å². The molecular weight excluding hydrogens is 441 g/mol. The molecule has 0 bridgehead atoms. The van der Waals surface area contributed by atoms with Gasteiger partial charge < -0.3 is 20.3 Å². The van der Waals surface area contributed by atoms with Gasteiger partial charge in [0.1, 0.15) is 6.61 Å². The molecule has 0 aromatic heterocycles. The minimum absolute atomic E-state index is 0.0301. The van der Waals surface area contributed by atoms with E-state index in [-0.39, 0.29) is 30.2 Å². The molecule has 2 aromatic rings. The van der Waals surface area contributed by atoms with Crippen LogP contribution in [0.1, 0.15) is 23.2 Å². The molecule has 0 radical (unpaired) electrons. The Kier molecular flexibility index (Phi) is 7.90. The molecule has 1 aliphatic heterocycles. The summed E-state index contributed by atoms with van der Waals surface area (Å²) in [4.78, 5) is 38.8. The Hall–Kier alpha value is -2.61. The summed E-state index contributed by atoms with van der Waals surface area (Å²) in [5, 5.41) is 6.28. The number of methoxy groups -OCH3 is 1. The monoisotopic (exact) mass is 463 g/mol. The van der Waals surface area contributed by atoms with E-state index in [9.17, 15) is 14.4 Å². The van der Waals surface area contributed by atoms with E-state index in [0.717, 1.165) is 6.42 Å². The van der Waals surface area contributed by atoms with Crippen molar-refractivity contribution in [3.8, 4) is 0 Å². The second-order valence-electron chi connectivity index (χ2n) is 7.27. The van der Waals surface area contributed by atoms with Crippen LogP contribution in [-0.4, -0.2) is 49.4 Å². The molecule has 7 nitrogen and oxygen atoms in total. The first-order valence-corrected chi connectivity index (χ1v) is 10.6. The van der Waals surface area contributed by atoms with Gasteiger partial charge in [-0.05, 0) is 55.3 Å². The summed E-state index contributed by atoms with van der Waals surface area (Å²) in [6, 6.07) is 11.6. The topological polar surface area (TPSA) is 87.7 Å². The summed E-state index contributed by atoms with van der Waals surface area (Å²) in [5.74, 6) is -0.898. The molecule has 3 rings (SSSR count). The molecule has 1 atom stereocenters. The largest absolute Gasteiger partial charge is 0.375 e. The Bertz CT molecular complexity index is 966. The third kappa shape index (κ3) is 6.19. The zero-order chi connectivity index (χ0) is 22.4. The number of benzene rings is 2. The lowest BCUT2D eigenvalue weighted by molar-refractivity contribution is -0.121. The Morgan fingerprint density at radius 2 is 1.71 bits per heavy atom. The molecule has 0 aliphatic carbocycles. The maximum absolute atomic E-state index is 12.8. The molecule has 3 amide bonds. The maximum atomic E-state index is 12.8. The van der Waals surface area contributed by atoms with Crippen molar-refractivity contribution in [2.24, 2.45) is 5.92 Å². The highest BCUT2D eigenvalue weighted by molar-refractivity contribution is 6.42. The third-order valence-corrected chi connectivity index (χ3v) is 5.70. The van der Waals surface area contributed by atoms with Crippen LogP contribution < -0.4 is 10.6 Å². The van der Waals surface area contributed by atoms with Gasteiger partial charge in [0.25, 0.3) is 5.91 Å². The highest BCUT2D eigenvalue weighted by atomic mass is 35.5. The molecule has 1 saturated heterocycles. The molecule has 2 aromatic carbocycles. The Labute approximate surface area is 190 Å². The molecule has 0 saturated carbocycles. The molecule has 9 heteroatoms. The molecule has 0 spiro atoms. The average molecular weight is 464 g/mol. The van der Waals surface area contributed by atoms with Crippen LogP contribution in [0.4, 0.5) is 11.4 Å². The van der Waals surface area contributed by atoms with Gasteiger partial charge in [-0.3, -0.25) is 14.4 Å². The van der Waals surface area contributed by atoms with Crippen molar-refractivity contribution < 1.29 is 19.1 Å². The predicted octanol–water partition coefficient (Wildman–Crippen LogP) is 4.07. The van der Waals surface area contributed by atoms with E-state index < -0.39 is 0 Å². The smallest absolute Gasteiger partial charge is 0.253 e. The van der Waals surface area contributed by atoms with E-state index in [4.69, 9.17) is 27.9 Å². The van der Waals surface area contributed by atoms with Gasteiger partial charge in [-0.25, -0.2) is 0 Å². The minimum Gasteiger partial charge on any atom is -0.375 e. The number of carbonyl (C=O) groups is 3. The van der Waals surface area contributed by atoms with Crippen molar-refractivity contribution in [3.05, 3.63) is 58.1 Å². The summed E-state index contributed by atoms with van der Waals surface area (Å²) < 4.78 is 4.77. The normalized spacial score (nSPS) is 16.0. The van der Waals surface area contributed by atoms with Gasteiger partial charge in [0.2, 0.25) is 11.8 Å². The first kappa shape index (κ1) is 23.1. The van der Waals surface area contributed by atoms with Crippen molar-refractivity contribution in [2.45, 2.75) is 12.8 Å². The number of amides is 3. The van der Waals surface area contributed by atoms with Crippen LogP contribution in [0.3, 0.4) is 0 Å². The van der Waals surface area contributed by atoms with Crippen molar-refractivity contribution in [3.63, 3.8) is 0 Å². The Balaban J connectivity index is 1.58. The van der Waals surface area contributed by atoms with Crippen LogP contribution >= 0.6 is 23.2 Å². The standard InChI is InChI=1S/C22H23Cl2N3O4/c1-31-13-20(28)25-16-5-7-17(8-6-16)26-21(29)15-3-2-10-27(12-15)22(30)14-4-9-18(23)19(24)11-14/h4-9,11,15H,2-3,10,12-13H2,1H3,(H,25,28)(H,26,29). The number of ether oxygens (including phenoxy) is 1. The number of hydrogen-bond donors (Lipinski definition) is 2. The quantitative estimate of drug-likeness (QED) is 0.675. The second kappa shape index (κ2) is 10.6. The molecule has 164 valence electrons. The zero-order valence-electron chi connectivity index (χ0n) is 17.0. The van der Waals surface area contributed by atoms with Gasteiger partial charge in [0.15, 0.2) is 0 Å². The third-order valence-electron chi connectivity index (χ3n) is 4.96. The van der Waals surface area contributed by atoms with Crippen LogP contribution in [-0.2, 0) is 14.3 Å². The molecule has 1 unspecified atom stereocenters. The highest BCUT2D eigenvalue weighted by Crippen LogP contribution is 2.25. The second-order valence-corrected chi connectivity index (χ2v) is 8.08. The molecular formula is C22H23Cl2N3O4. The fourth-order valence-corrected chi connectivity index (χ4v) is 3.69. The lowest BCUT2D eigenvalue weighted by atomic mass is 9.96. The van der Waals surface area contributed by atoms with Crippen LogP contribution in [0.5, 0.6) is 0 Å². The van der Waals surface area contributed by atoms with E-state index in [0.29, 0.717) is 46.5 Å². The number of piperidine rings is 1. The number of likely N-dealkylation sites (tertiary alicyclic amines) is 1. The summed E-state index contributed by atoms with van der Waals surface area (Å²) in [6.07, 6.45) is 1.43. The number of anilines is 2. The average Bonchev–Trinajstić information content (AvgIpc) is 2.76. The van der Waals surface area contributed by atoms with Crippen LogP contribution in [0.25, 0.3) is 0 Å². The number of hydrogen-bond acceptors (Lipinski definition) is 4. The van der Waals surface area contributed by atoms with Gasteiger partial charge in [-0.1, -0.05) is 23.2 Å². The van der Waals surface area contributed by atoms with E-state index in [1.165, 1.54) is 7.11 Å². The fourth-order valence-electron chi connectivity index (χ4n) is 3.40. The maximum Gasteiger partial charge on any atom is 0.253 e. The predicted molar refractivity (Wildman–Crippen MR) is 121 cm³/mol. The van der Waals surface area contributed by atoms with Crippen molar-refractivity contribution in [2.75, 3.05) is 37.4 Å². The lowest BCUT2D eigenvalue weighted by Gasteiger charge is -2.32. The number of nitrogens with zero attached hydrogens (tertiary/aromatic N) is 1. The Morgan fingerprint density at radius 1 is 1.03 bits per heavy atom. The van der Waals surface area contributed by atoms with Crippen molar-refractivity contribution >= 4 is 52.3 Å². The first-order chi connectivity index (χ1) is 14.9. The van der Waals surface area contributed by atoms with E-state index in [1.54, 1.807) is 47.4 Å². The minimum atomic E-state index is -0.318. The van der Waals surface area contributed by atoms with E-state index in [1.807, 2.05) is 0 Å². The van der Waals surface area contributed by atoms with Gasteiger partial charge >= 0.3 is 0 Å². The summed E-state index contributed by atoms with van der Waals surface area (Å²) in [7, 11) is 1.45. The molecule has 1 aliphatic rings. The zero-order valence-corrected chi connectivity index (χ0v) is 18.5. The van der Waals surface area contributed by atoms with Crippen molar-refractivity contribution in [1.29, 1.82) is 0 Å². The van der Waals surface area contributed by atoms with Gasteiger partial charge in [-0.15, -0.1) is 0 Å². The van der Waals surface area contributed by atoms with Crippen molar-refractivity contribution in [1.82, 2.24) is 4.90 Å². The van der Waals surface area contributed by atoms with Gasteiger partial charge in [0, 0.05) is 37.1 Å². The molecule has 1 fully saturated rings. The van der Waals surface area contributed by atoms with E-state index >= 15 is 0 Å². The van der Waals surface area contributed by atoms with Crippen LogP contribution in [0, 0.1) is 5.92 Å². The Morgan fingerprint density at radius 3 is 2.35 bits per heavy atom. The SMILES string of the molecule is COCC(=O)Nc1ccc(NC(=O)C2CCCN(C(=O)c3ccc(Cl)c(Cl)c3)C2)cc1. The lowest BCUT2D eigenvalue weighted by Crippen LogP contribution is -2.43. The summed E-state index contributed by atoms with van der Waals surface area (Å²) in [6.45, 7) is 0.881. The van der Waals surface area contributed by atoms with Crippen LogP contribution in [0.15, 0.2) is 42.5 Å². The fraction of sp³-hybridized carbons (Fsp3) is 0.318. The van der Waals surface area contributed by atoms with E-state index in [2.05, 4.69) is 10.6 Å². The number of nitrogens with one attached hydrogen (secondary N) is 2. The van der Waals surface area contributed by atoms with Gasteiger partial charge in [0.05, 0.1) is 16.0 Å². The molecule has 2 N–H and O–H groups in total. The molecule has 31 heavy (non-hydrogen) atoms. The number of halogens is 2. The van der Waals surface area contributed by atoms with Crippen LogP contribution in [0.2, 0.25) is 10.0 Å². The highest BCUT2D eigenvalue weighted by Gasteiger charge is 2.29. The number of rotatable bonds is 6. The summed E-state index contributed by atoms with van der Waals surface area (Å²) in [5.41, 5.74) is 1.67.